The fraction of sp³-hybridized carbons (Fsp3) is 0.0833. The van der Waals surface area contributed by atoms with Crippen molar-refractivity contribution in [2.75, 3.05) is 0 Å². The van der Waals surface area contributed by atoms with E-state index in [1.165, 1.54) is 12.1 Å². The standard InChI is InChI=1S/C12H7Cl2N5O2/c13-10-9-11(17-12(14)16-10)18(6-15-9)5-7-1-3-8(4-2-7)19(20)21/h1-4,6H,5H2. The highest BCUT2D eigenvalue weighted by Crippen LogP contribution is 2.21. The van der Waals surface area contributed by atoms with Crippen molar-refractivity contribution in [3.05, 3.63) is 56.7 Å². The molecule has 0 amide bonds. The minimum atomic E-state index is -0.441. The first-order chi connectivity index (χ1) is 10.0. The Bertz CT molecular complexity index is 832. The Kier molecular flexibility index (Phi) is 3.44. The van der Waals surface area contributed by atoms with Gasteiger partial charge in [0.2, 0.25) is 5.28 Å². The summed E-state index contributed by atoms with van der Waals surface area (Å²) < 4.78 is 1.75. The summed E-state index contributed by atoms with van der Waals surface area (Å²) in [6.45, 7) is 0.443. The third-order valence-electron chi connectivity index (χ3n) is 2.89. The smallest absolute Gasteiger partial charge is 0.269 e. The van der Waals surface area contributed by atoms with Crippen molar-refractivity contribution in [2.45, 2.75) is 6.54 Å². The first kappa shape index (κ1) is 13.7. The minimum absolute atomic E-state index is 0.0398. The number of imidazole rings is 1. The maximum absolute atomic E-state index is 10.6. The lowest BCUT2D eigenvalue weighted by molar-refractivity contribution is -0.384. The van der Waals surface area contributed by atoms with Crippen LogP contribution in [0, 0.1) is 10.1 Å². The van der Waals surface area contributed by atoms with Crippen LogP contribution >= 0.6 is 23.2 Å². The Morgan fingerprint density at radius 1 is 1.19 bits per heavy atom. The number of fused-ring (bicyclic) bond motifs is 1. The Labute approximate surface area is 128 Å². The summed E-state index contributed by atoms with van der Waals surface area (Å²) in [6.07, 6.45) is 1.57. The average Bonchev–Trinajstić information content (AvgIpc) is 2.83. The number of benzene rings is 1. The number of nitro groups is 1. The molecular weight excluding hydrogens is 317 g/mol. The summed E-state index contributed by atoms with van der Waals surface area (Å²) >= 11 is 11.7. The molecule has 0 spiro atoms. The summed E-state index contributed by atoms with van der Waals surface area (Å²) in [7, 11) is 0. The highest BCUT2D eigenvalue weighted by atomic mass is 35.5. The second kappa shape index (κ2) is 5.27. The molecule has 0 saturated carbocycles. The Morgan fingerprint density at radius 2 is 1.90 bits per heavy atom. The van der Waals surface area contributed by atoms with Crippen LogP contribution in [0.4, 0.5) is 5.69 Å². The van der Waals surface area contributed by atoms with E-state index < -0.39 is 4.92 Å². The topological polar surface area (TPSA) is 86.7 Å². The van der Waals surface area contributed by atoms with Crippen molar-refractivity contribution in [2.24, 2.45) is 0 Å². The number of nitro benzene ring substituents is 1. The number of non-ortho nitro benzene ring substituents is 1. The van der Waals surface area contributed by atoms with Crippen LogP contribution in [0.1, 0.15) is 5.56 Å². The van der Waals surface area contributed by atoms with Gasteiger partial charge in [-0.15, -0.1) is 0 Å². The van der Waals surface area contributed by atoms with E-state index in [9.17, 15) is 10.1 Å². The lowest BCUT2D eigenvalue weighted by Crippen LogP contribution is -2.00. The van der Waals surface area contributed by atoms with E-state index in [-0.39, 0.29) is 16.1 Å². The first-order valence-electron chi connectivity index (χ1n) is 5.82. The van der Waals surface area contributed by atoms with Crippen molar-refractivity contribution in [3.8, 4) is 0 Å². The van der Waals surface area contributed by atoms with Gasteiger partial charge in [-0.1, -0.05) is 23.7 Å². The second-order valence-electron chi connectivity index (χ2n) is 4.25. The van der Waals surface area contributed by atoms with Crippen LogP contribution in [0.2, 0.25) is 10.4 Å². The fourth-order valence-corrected chi connectivity index (χ4v) is 2.34. The Hall–Kier alpha value is -2.25. The zero-order valence-electron chi connectivity index (χ0n) is 10.4. The van der Waals surface area contributed by atoms with Crippen LogP contribution in [-0.4, -0.2) is 24.4 Å². The molecule has 0 aliphatic rings. The lowest BCUT2D eigenvalue weighted by atomic mass is 10.2. The number of nitrogens with zero attached hydrogens (tertiary/aromatic N) is 5. The molecule has 2 heterocycles. The molecule has 106 valence electrons. The van der Waals surface area contributed by atoms with Crippen LogP contribution in [0.15, 0.2) is 30.6 Å². The minimum Gasteiger partial charge on any atom is -0.311 e. The van der Waals surface area contributed by atoms with Crippen molar-refractivity contribution in [3.63, 3.8) is 0 Å². The van der Waals surface area contributed by atoms with Crippen molar-refractivity contribution >= 4 is 40.1 Å². The molecule has 0 atom stereocenters. The van der Waals surface area contributed by atoms with Gasteiger partial charge in [0, 0.05) is 12.1 Å². The molecule has 9 heteroatoms. The number of hydrogen-bond donors (Lipinski definition) is 0. The van der Waals surface area contributed by atoms with Crippen LogP contribution in [0.5, 0.6) is 0 Å². The van der Waals surface area contributed by atoms with E-state index in [4.69, 9.17) is 23.2 Å². The predicted molar refractivity (Wildman–Crippen MR) is 77.5 cm³/mol. The van der Waals surface area contributed by atoms with Crippen molar-refractivity contribution < 1.29 is 4.92 Å². The number of rotatable bonds is 3. The van der Waals surface area contributed by atoms with Crippen LogP contribution < -0.4 is 0 Å². The molecule has 2 aromatic heterocycles. The summed E-state index contributed by atoms with van der Waals surface area (Å²) in [5.41, 5.74) is 1.88. The quantitative estimate of drug-likeness (QED) is 0.320. The van der Waals surface area contributed by atoms with E-state index in [1.807, 2.05) is 0 Å². The summed E-state index contributed by atoms with van der Waals surface area (Å²) in [6, 6.07) is 6.25. The van der Waals surface area contributed by atoms with Crippen molar-refractivity contribution in [1.29, 1.82) is 0 Å². The average molecular weight is 324 g/mol. The molecule has 0 bridgehead atoms. The summed E-state index contributed by atoms with van der Waals surface area (Å²) in [5.74, 6) is 0. The number of aromatic nitrogens is 4. The SMILES string of the molecule is O=[N+]([O-])c1ccc(Cn2cnc3c(Cl)nc(Cl)nc32)cc1. The first-order valence-corrected chi connectivity index (χ1v) is 6.57. The Morgan fingerprint density at radius 3 is 2.57 bits per heavy atom. The number of halogens is 2. The predicted octanol–water partition coefficient (Wildman–Crippen LogP) is 3.09. The van der Waals surface area contributed by atoms with E-state index in [0.717, 1.165) is 5.56 Å². The van der Waals surface area contributed by atoms with Gasteiger partial charge in [0.1, 0.15) is 5.52 Å². The van der Waals surface area contributed by atoms with E-state index in [2.05, 4.69) is 15.0 Å². The number of hydrogen-bond acceptors (Lipinski definition) is 5. The second-order valence-corrected chi connectivity index (χ2v) is 4.95. The van der Waals surface area contributed by atoms with Gasteiger partial charge in [-0.3, -0.25) is 10.1 Å². The maximum atomic E-state index is 10.6. The van der Waals surface area contributed by atoms with Gasteiger partial charge in [-0.25, -0.2) is 9.97 Å². The third kappa shape index (κ3) is 2.65. The molecule has 0 fully saturated rings. The van der Waals surface area contributed by atoms with Gasteiger partial charge in [-0.2, -0.15) is 4.98 Å². The molecule has 0 N–H and O–H groups in total. The van der Waals surface area contributed by atoms with E-state index in [0.29, 0.717) is 17.7 Å². The molecule has 3 aromatic rings. The van der Waals surface area contributed by atoms with Crippen LogP contribution in [0.3, 0.4) is 0 Å². The van der Waals surface area contributed by atoms with Crippen molar-refractivity contribution in [1.82, 2.24) is 19.5 Å². The zero-order chi connectivity index (χ0) is 15.0. The molecule has 1 aromatic carbocycles. The normalized spacial score (nSPS) is 11.0. The van der Waals surface area contributed by atoms with Gasteiger partial charge < -0.3 is 4.57 Å². The molecule has 7 nitrogen and oxygen atoms in total. The van der Waals surface area contributed by atoms with Gasteiger partial charge in [-0.05, 0) is 17.2 Å². The lowest BCUT2D eigenvalue weighted by Gasteiger charge is -2.04. The monoisotopic (exact) mass is 323 g/mol. The van der Waals surface area contributed by atoms with E-state index in [1.54, 1.807) is 23.0 Å². The molecule has 0 unspecified atom stereocenters. The molecule has 3 rings (SSSR count). The van der Waals surface area contributed by atoms with Gasteiger partial charge in [0.25, 0.3) is 5.69 Å². The van der Waals surface area contributed by atoms with Gasteiger partial charge in [0.05, 0.1) is 17.8 Å². The Balaban J connectivity index is 1.96. The molecule has 0 aliphatic carbocycles. The van der Waals surface area contributed by atoms with Gasteiger partial charge >= 0.3 is 0 Å². The third-order valence-corrected chi connectivity index (χ3v) is 3.33. The molecule has 0 saturated heterocycles. The zero-order valence-corrected chi connectivity index (χ0v) is 11.9. The molecule has 0 radical (unpaired) electrons. The molecule has 0 aliphatic heterocycles. The van der Waals surface area contributed by atoms with E-state index >= 15 is 0 Å². The highest BCUT2D eigenvalue weighted by molar-refractivity contribution is 6.35. The van der Waals surface area contributed by atoms with Crippen LogP contribution in [-0.2, 0) is 6.54 Å². The maximum Gasteiger partial charge on any atom is 0.269 e. The summed E-state index contributed by atoms with van der Waals surface area (Å²) in [4.78, 5) is 22.2. The highest BCUT2D eigenvalue weighted by Gasteiger charge is 2.12. The largest absolute Gasteiger partial charge is 0.311 e. The molecule has 21 heavy (non-hydrogen) atoms. The molecular formula is C12H7Cl2N5O2. The fourth-order valence-electron chi connectivity index (χ4n) is 1.92. The van der Waals surface area contributed by atoms with Crippen LogP contribution in [0.25, 0.3) is 11.2 Å². The van der Waals surface area contributed by atoms with Gasteiger partial charge in [0.15, 0.2) is 10.8 Å². The summed E-state index contributed by atoms with van der Waals surface area (Å²) in [5, 5.41) is 10.9.